The van der Waals surface area contributed by atoms with Gasteiger partial charge in [0.05, 0.1) is 6.07 Å². The normalized spacial score (nSPS) is 24.2. The number of amides is 1. The van der Waals surface area contributed by atoms with Crippen LogP contribution in [0.5, 0.6) is 0 Å². The fraction of sp³-hybridized carbons (Fsp3) is 0.857. The Morgan fingerprint density at radius 2 is 1.94 bits per heavy atom. The molecule has 2 rings (SSSR count). The van der Waals surface area contributed by atoms with Gasteiger partial charge in [0.2, 0.25) is 5.91 Å². The summed E-state index contributed by atoms with van der Waals surface area (Å²) in [6.07, 6.45) is 7.35. The minimum Gasteiger partial charge on any atom is -0.381 e. The van der Waals surface area contributed by atoms with E-state index in [1.165, 1.54) is 32.1 Å². The van der Waals surface area contributed by atoms with Gasteiger partial charge in [-0.1, -0.05) is 19.3 Å². The van der Waals surface area contributed by atoms with Crippen LogP contribution in [0.3, 0.4) is 0 Å². The Morgan fingerprint density at radius 3 is 2.56 bits per heavy atom. The molecule has 1 amide bonds. The number of nitrogens with zero attached hydrogens (tertiary/aromatic N) is 1. The first-order valence-corrected chi connectivity index (χ1v) is 7.04. The number of carbonyl (C=O) groups excluding carboxylic acids is 1. The van der Waals surface area contributed by atoms with Crippen molar-refractivity contribution in [3.05, 3.63) is 0 Å². The molecule has 0 aromatic carbocycles. The predicted octanol–water partition coefficient (Wildman–Crippen LogP) is 2.00. The lowest BCUT2D eigenvalue weighted by Crippen LogP contribution is -2.45. The van der Waals surface area contributed by atoms with Crippen molar-refractivity contribution in [3.8, 4) is 6.07 Å². The molecule has 0 radical (unpaired) electrons. The van der Waals surface area contributed by atoms with Crippen molar-refractivity contribution in [3.63, 3.8) is 0 Å². The number of ether oxygens (including phenoxy) is 1. The summed E-state index contributed by atoms with van der Waals surface area (Å²) in [6, 6.07) is 2.21. The van der Waals surface area contributed by atoms with E-state index in [0.717, 1.165) is 6.54 Å². The van der Waals surface area contributed by atoms with Crippen LogP contribution in [-0.4, -0.2) is 25.7 Å². The van der Waals surface area contributed by atoms with Crippen LogP contribution in [0, 0.1) is 22.7 Å². The molecule has 2 aliphatic rings. The molecule has 0 unspecified atom stereocenters. The minimum atomic E-state index is -0.840. The van der Waals surface area contributed by atoms with Crippen molar-refractivity contribution in [2.75, 3.05) is 19.8 Å². The van der Waals surface area contributed by atoms with Crippen LogP contribution < -0.4 is 5.32 Å². The highest BCUT2D eigenvalue weighted by Crippen LogP contribution is 2.30. The first kappa shape index (κ1) is 13.4. The van der Waals surface area contributed by atoms with Gasteiger partial charge in [0.1, 0.15) is 5.41 Å². The Hall–Kier alpha value is -1.08. The lowest BCUT2D eigenvalue weighted by atomic mass is 9.80. The summed E-state index contributed by atoms with van der Waals surface area (Å²) in [6.45, 7) is 1.78. The Bertz CT molecular complexity index is 323. The molecule has 0 bridgehead atoms. The molecule has 100 valence electrons. The average Bonchev–Trinajstić information content (AvgIpc) is 2.46. The highest BCUT2D eigenvalue weighted by Gasteiger charge is 2.40. The zero-order chi connectivity index (χ0) is 12.8. The average molecular weight is 250 g/mol. The fourth-order valence-electron chi connectivity index (χ4n) is 2.91. The molecule has 0 atom stereocenters. The second kappa shape index (κ2) is 6.19. The number of nitrogens with one attached hydrogen (secondary N) is 1. The molecule has 0 spiro atoms. The van der Waals surface area contributed by atoms with Crippen LogP contribution in [0.4, 0.5) is 0 Å². The summed E-state index contributed by atoms with van der Waals surface area (Å²) in [7, 11) is 0. The molecule has 18 heavy (non-hydrogen) atoms. The van der Waals surface area contributed by atoms with Gasteiger partial charge in [-0.05, 0) is 31.6 Å². The number of hydrogen-bond donors (Lipinski definition) is 1. The van der Waals surface area contributed by atoms with Gasteiger partial charge in [0.15, 0.2) is 0 Å². The number of rotatable bonds is 3. The van der Waals surface area contributed by atoms with Crippen molar-refractivity contribution in [2.24, 2.45) is 11.3 Å². The van der Waals surface area contributed by atoms with Crippen LogP contribution in [-0.2, 0) is 9.53 Å². The molecule has 1 aliphatic heterocycles. The van der Waals surface area contributed by atoms with Gasteiger partial charge < -0.3 is 10.1 Å². The molecular weight excluding hydrogens is 228 g/mol. The molecule has 1 saturated carbocycles. The lowest BCUT2D eigenvalue weighted by Gasteiger charge is -2.30. The molecule has 4 heteroatoms. The summed E-state index contributed by atoms with van der Waals surface area (Å²) in [4.78, 5) is 12.2. The number of hydrogen-bond acceptors (Lipinski definition) is 3. The third-order valence-corrected chi connectivity index (χ3v) is 4.27. The monoisotopic (exact) mass is 250 g/mol. The first-order chi connectivity index (χ1) is 8.77. The van der Waals surface area contributed by atoms with E-state index in [2.05, 4.69) is 11.4 Å². The standard InChI is InChI=1S/C14H22N2O2/c15-11-14(6-8-18-9-7-14)13(17)16-10-12-4-2-1-3-5-12/h12H,1-10H2,(H,16,17). The van der Waals surface area contributed by atoms with Crippen LogP contribution in [0.25, 0.3) is 0 Å². The predicted molar refractivity (Wildman–Crippen MR) is 67.7 cm³/mol. The van der Waals surface area contributed by atoms with Gasteiger partial charge >= 0.3 is 0 Å². The van der Waals surface area contributed by atoms with Crippen LogP contribution in [0.2, 0.25) is 0 Å². The van der Waals surface area contributed by atoms with E-state index in [9.17, 15) is 10.1 Å². The maximum absolute atomic E-state index is 12.2. The van der Waals surface area contributed by atoms with E-state index in [-0.39, 0.29) is 5.91 Å². The van der Waals surface area contributed by atoms with E-state index >= 15 is 0 Å². The van der Waals surface area contributed by atoms with E-state index in [4.69, 9.17) is 4.74 Å². The van der Waals surface area contributed by atoms with Crippen molar-refractivity contribution < 1.29 is 9.53 Å². The molecule has 1 aliphatic carbocycles. The van der Waals surface area contributed by atoms with Crippen LogP contribution in [0.15, 0.2) is 0 Å². The molecule has 0 aromatic rings. The van der Waals surface area contributed by atoms with Gasteiger partial charge in [0, 0.05) is 19.8 Å². The molecule has 2 fully saturated rings. The molecule has 1 saturated heterocycles. The second-order valence-corrected chi connectivity index (χ2v) is 5.52. The third-order valence-electron chi connectivity index (χ3n) is 4.27. The Kier molecular flexibility index (Phi) is 4.60. The highest BCUT2D eigenvalue weighted by molar-refractivity contribution is 5.85. The largest absolute Gasteiger partial charge is 0.381 e. The van der Waals surface area contributed by atoms with Crippen molar-refractivity contribution >= 4 is 5.91 Å². The van der Waals surface area contributed by atoms with Gasteiger partial charge in [-0.15, -0.1) is 0 Å². The van der Waals surface area contributed by atoms with Gasteiger partial charge in [-0.2, -0.15) is 5.26 Å². The second-order valence-electron chi connectivity index (χ2n) is 5.52. The molecular formula is C14H22N2O2. The third kappa shape index (κ3) is 3.02. The fourth-order valence-corrected chi connectivity index (χ4v) is 2.91. The summed E-state index contributed by atoms with van der Waals surface area (Å²) in [5.41, 5.74) is -0.840. The summed E-state index contributed by atoms with van der Waals surface area (Å²) >= 11 is 0. The molecule has 0 aromatic heterocycles. The van der Waals surface area contributed by atoms with E-state index in [1.54, 1.807) is 0 Å². The van der Waals surface area contributed by atoms with Crippen LogP contribution >= 0.6 is 0 Å². The van der Waals surface area contributed by atoms with Gasteiger partial charge in [-0.25, -0.2) is 0 Å². The highest BCUT2D eigenvalue weighted by atomic mass is 16.5. The van der Waals surface area contributed by atoms with E-state index < -0.39 is 5.41 Å². The number of carbonyl (C=O) groups is 1. The molecule has 1 N–H and O–H groups in total. The summed E-state index contributed by atoms with van der Waals surface area (Å²) in [5, 5.41) is 12.3. The Labute approximate surface area is 109 Å². The van der Waals surface area contributed by atoms with Crippen molar-refractivity contribution in [2.45, 2.75) is 44.9 Å². The van der Waals surface area contributed by atoms with Crippen LogP contribution in [0.1, 0.15) is 44.9 Å². The minimum absolute atomic E-state index is 0.0844. The lowest BCUT2D eigenvalue weighted by molar-refractivity contribution is -0.132. The zero-order valence-electron chi connectivity index (χ0n) is 10.9. The maximum Gasteiger partial charge on any atom is 0.240 e. The summed E-state index contributed by atoms with van der Waals surface area (Å²) < 4.78 is 5.24. The molecule has 1 heterocycles. The Morgan fingerprint density at radius 1 is 1.28 bits per heavy atom. The zero-order valence-corrected chi connectivity index (χ0v) is 10.9. The SMILES string of the molecule is N#CC1(C(=O)NCC2CCCCC2)CCOCC1. The van der Waals surface area contributed by atoms with Gasteiger partial charge in [0.25, 0.3) is 0 Å². The van der Waals surface area contributed by atoms with Crippen molar-refractivity contribution in [1.82, 2.24) is 5.32 Å². The Balaban J connectivity index is 1.84. The van der Waals surface area contributed by atoms with E-state index in [0.29, 0.717) is 32.0 Å². The first-order valence-electron chi connectivity index (χ1n) is 7.04. The maximum atomic E-state index is 12.2. The molecule has 4 nitrogen and oxygen atoms in total. The van der Waals surface area contributed by atoms with E-state index in [1.807, 2.05) is 0 Å². The topological polar surface area (TPSA) is 62.1 Å². The number of nitriles is 1. The van der Waals surface area contributed by atoms with Crippen molar-refractivity contribution in [1.29, 1.82) is 5.26 Å². The quantitative estimate of drug-likeness (QED) is 0.833. The summed E-state index contributed by atoms with van der Waals surface area (Å²) in [5.74, 6) is 0.525. The smallest absolute Gasteiger partial charge is 0.240 e. The van der Waals surface area contributed by atoms with Gasteiger partial charge in [-0.3, -0.25) is 4.79 Å².